The van der Waals surface area contributed by atoms with Gasteiger partial charge >= 0.3 is 0 Å². The number of ether oxygens (including phenoxy) is 1. The Hall–Kier alpha value is -3.81. The summed E-state index contributed by atoms with van der Waals surface area (Å²) < 4.78 is 37.3. The number of nitriles is 1. The van der Waals surface area contributed by atoms with Crippen molar-refractivity contribution in [3.63, 3.8) is 0 Å². The molecule has 0 unspecified atom stereocenters. The molecule has 1 amide bonds. The summed E-state index contributed by atoms with van der Waals surface area (Å²) in [7, 11) is 1.87. The molecule has 0 spiro atoms. The van der Waals surface area contributed by atoms with E-state index < -0.39 is 11.6 Å². The molecule has 3 heterocycles. The van der Waals surface area contributed by atoms with Gasteiger partial charge in [0.25, 0.3) is 5.91 Å². The highest BCUT2D eigenvalue weighted by Crippen LogP contribution is 2.30. The number of carbonyl (C=O) groups is 1. The summed E-state index contributed by atoms with van der Waals surface area (Å²) in [6.07, 6.45) is 2.83. The molecule has 2 fully saturated rings. The van der Waals surface area contributed by atoms with E-state index in [1.807, 2.05) is 26.1 Å². The molecule has 1 N–H and O–H groups in total. The third kappa shape index (κ3) is 5.51. The number of carbonyl (C=O) groups excluding carboxylic acids is 1. The van der Waals surface area contributed by atoms with Crippen molar-refractivity contribution in [3.8, 4) is 23.0 Å². The number of likely N-dealkylation sites (tertiary alicyclic amines) is 1. The van der Waals surface area contributed by atoms with Crippen LogP contribution in [0.2, 0.25) is 0 Å². The molecule has 0 saturated carbocycles. The zero-order chi connectivity index (χ0) is 27.5. The zero-order valence-corrected chi connectivity index (χ0v) is 22.2. The molecule has 2 atom stereocenters. The lowest BCUT2D eigenvalue weighted by atomic mass is 10.1. The number of amides is 1. The molecular formula is C29H32F2N6O2. The average Bonchev–Trinajstić information content (AvgIpc) is 3.61. The fourth-order valence-corrected chi connectivity index (χ4v) is 5.40. The zero-order valence-electron chi connectivity index (χ0n) is 22.2. The topological polar surface area (TPSA) is 86.4 Å². The quantitative estimate of drug-likeness (QED) is 0.491. The molecule has 39 heavy (non-hydrogen) atoms. The van der Waals surface area contributed by atoms with Crippen molar-refractivity contribution in [2.75, 3.05) is 44.7 Å². The van der Waals surface area contributed by atoms with Crippen LogP contribution in [0.1, 0.15) is 42.2 Å². The Morgan fingerprint density at radius 3 is 2.69 bits per heavy atom. The first-order chi connectivity index (χ1) is 18.9. The Labute approximate surface area is 226 Å². The van der Waals surface area contributed by atoms with Crippen LogP contribution >= 0.6 is 0 Å². The number of benzene rings is 2. The molecule has 8 nitrogen and oxygen atoms in total. The number of anilines is 1. The van der Waals surface area contributed by atoms with Gasteiger partial charge in [-0.2, -0.15) is 10.4 Å². The maximum Gasteiger partial charge on any atom is 0.274 e. The van der Waals surface area contributed by atoms with Crippen molar-refractivity contribution >= 4 is 11.6 Å². The van der Waals surface area contributed by atoms with Crippen LogP contribution in [0.25, 0.3) is 16.9 Å². The number of hydrogen-bond acceptors (Lipinski definition) is 6. The molecule has 5 rings (SSSR count). The standard InChI is InChI=1S/C29H32F2N6O2/c1-3-39-23-10-12-35(18-23)22-8-9-27(25(31)14-22)37-28(19-6-7-20(16-32)24(30)13-19)15-26(34-37)29(38)36-11-4-5-21(17-36)33-2/h6-9,13-15,21,23,33H,3-5,10-12,17-18H2,1-2H3/t21-,23+/m1/s1. The molecule has 2 aliphatic heterocycles. The number of likely N-dealkylation sites (N-methyl/N-ethyl adjacent to an activating group) is 1. The van der Waals surface area contributed by atoms with Gasteiger partial charge in [0.05, 0.1) is 17.4 Å². The van der Waals surface area contributed by atoms with Crippen LogP contribution in [0.5, 0.6) is 0 Å². The minimum absolute atomic E-state index is 0.0981. The second-order valence-corrected chi connectivity index (χ2v) is 9.96. The van der Waals surface area contributed by atoms with Gasteiger partial charge in [0.2, 0.25) is 0 Å². The van der Waals surface area contributed by atoms with E-state index in [0.29, 0.717) is 37.5 Å². The van der Waals surface area contributed by atoms with Crippen molar-refractivity contribution in [1.82, 2.24) is 20.0 Å². The van der Waals surface area contributed by atoms with Gasteiger partial charge in [0.15, 0.2) is 11.5 Å². The van der Waals surface area contributed by atoms with Crippen molar-refractivity contribution in [2.45, 2.75) is 38.3 Å². The lowest BCUT2D eigenvalue weighted by Crippen LogP contribution is -2.47. The maximum absolute atomic E-state index is 15.7. The van der Waals surface area contributed by atoms with Crippen LogP contribution in [0.4, 0.5) is 14.5 Å². The van der Waals surface area contributed by atoms with E-state index >= 15 is 4.39 Å². The number of aromatic nitrogens is 2. The van der Waals surface area contributed by atoms with E-state index in [0.717, 1.165) is 31.5 Å². The van der Waals surface area contributed by atoms with Crippen LogP contribution in [0.3, 0.4) is 0 Å². The van der Waals surface area contributed by atoms with Gasteiger partial charge in [0, 0.05) is 50.1 Å². The van der Waals surface area contributed by atoms with E-state index in [1.165, 1.54) is 22.9 Å². The van der Waals surface area contributed by atoms with Crippen LogP contribution < -0.4 is 10.2 Å². The van der Waals surface area contributed by atoms with Gasteiger partial charge in [-0.1, -0.05) is 6.07 Å². The van der Waals surface area contributed by atoms with Crippen LogP contribution in [-0.4, -0.2) is 72.6 Å². The van der Waals surface area contributed by atoms with Gasteiger partial charge in [-0.3, -0.25) is 4.79 Å². The third-order valence-electron chi connectivity index (χ3n) is 7.50. The minimum Gasteiger partial charge on any atom is -0.377 e. The van der Waals surface area contributed by atoms with Crippen molar-refractivity contribution in [1.29, 1.82) is 5.26 Å². The molecule has 204 valence electrons. The van der Waals surface area contributed by atoms with Crippen molar-refractivity contribution < 1.29 is 18.3 Å². The summed E-state index contributed by atoms with van der Waals surface area (Å²) in [4.78, 5) is 17.3. The first kappa shape index (κ1) is 26.8. The summed E-state index contributed by atoms with van der Waals surface area (Å²) in [5.74, 6) is -1.48. The summed E-state index contributed by atoms with van der Waals surface area (Å²) in [6.45, 7) is 5.20. The van der Waals surface area contributed by atoms with Crippen LogP contribution in [0, 0.1) is 23.0 Å². The number of rotatable bonds is 7. The molecule has 1 aromatic heterocycles. The van der Waals surface area contributed by atoms with Crippen LogP contribution in [-0.2, 0) is 4.74 Å². The predicted molar refractivity (Wildman–Crippen MR) is 144 cm³/mol. The molecule has 0 bridgehead atoms. The lowest BCUT2D eigenvalue weighted by Gasteiger charge is -2.32. The maximum atomic E-state index is 15.7. The van der Waals surface area contributed by atoms with Gasteiger partial charge < -0.3 is 19.9 Å². The van der Waals surface area contributed by atoms with Gasteiger partial charge in [-0.05, 0) is 69.6 Å². The molecule has 2 saturated heterocycles. The molecule has 2 aromatic carbocycles. The van der Waals surface area contributed by atoms with Gasteiger partial charge in [0.1, 0.15) is 17.6 Å². The highest BCUT2D eigenvalue weighted by atomic mass is 19.1. The summed E-state index contributed by atoms with van der Waals surface area (Å²) in [5, 5.41) is 16.9. The van der Waals surface area contributed by atoms with Gasteiger partial charge in [-0.15, -0.1) is 0 Å². The number of hydrogen-bond donors (Lipinski definition) is 1. The number of piperidine rings is 1. The molecular weight excluding hydrogens is 502 g/mol. The Balaban J connectivity index is 1.52. The highest BCUT2D eigenvalue weighted by Gasteiger charge is 2.28. The fraction of sp³-hybridized carbons (Fsp3) is 0.414. The smallest absolute Gasteiger partial charge is 0.274 e. The van der Waals surface area contributed by atoms with Gasteiger partial charge in [-0.25, -0.2) is 13.5 Å². The number of halogens is 2. The number of nitrogens with zero attached hydrogens (tertiary/aromatic N) is 5. The van der Waals surface area contributed by atoms with E-state index in [-0.39, 0.29) is 35.0 Å². The molecule has 0 aliphatic carbocycles. The second kappa shape index (κ2) is 11.5. The average molecular weight is 535 g/mol. The summed E-state index contributed by atoms with van der Waals surface area (Å²) in [5.41, 5.74) is 1.66. The Kier molecular flexibility index (Phi) is 7.91. The first-order valence-electron chi connectivity index (χ1n) is 13.3. The molecule has 3 aromatic rings. The van der Waals surface area contributed by atoms with E-state index in [2.05, 4.69) is 15.3 Å². The molecule has 0 radical (unpaired) electrons. The van der Waals surface area contributed by atoms with Crippen molar-refractivity contribution in [3.05, 3.63) is 65.4 Å². The lowest BCUT2D eigenvalue weighted by molar-refractivity contribution is 0.0691. The first-order valence-corrected chi connectivity index (χ1v) is 13.3. The Bertz CT molecular complexity index is 1400. The number of nitrogens with one attached hydrogen (secondary N) is 1. The van der Waals surface area contributed by atoms with Crippen LogP contribution in [0.15, 0.2) is 42.5 Å². The second-order valence-electron chi connectivity index (χ2n) is 9.96. The SMILES string of the molecule is CCO[C@H]1CCN(c2ccc(-n3nc(C(=O)N4CCC[C@@H](NC)C4)cc3-c3ccc(C#N)c(F)c3)c(F)c2)C1. The summed E-state index contributed by atoms with van der Waals surface area (Å²) in [6, 6.07) is 12.6. The predicted octanol–water partition coefficient (Wildman–Crippen LogP) is 4.13. The largest absolute Gasteiger partial charge is 0.377 e. The third-order valence-corrected chi connectivity index (χ3v) is 7.50. The monoisotopic (exact) mass is 534 g/mol. The fourth-order valence-electron chi connectivity index (χ4n) is 5.40. The van der Waals surface area contributed by atoms with E-state index in [1.54, 1.807) is 23.1 Å². The molecule has 2 aliphatic rings. The Morgan fingerprint density at radius 1 is 1.13 bits per heavy atom. The van der Waals surface area contributed by atoms with E-state index in [9.17, 15) is 9.18 Å². The normalized spacial score (nSPS) is 19.4. The van der Waals surface area contributed by atoms with Crippen molar-refractivity contribution in [2.24, 2.45) is 0 Å². The van der Waals surface area contributed by atoms with E-state index in [4.69, 9.17) is 10.00 Å². The Morgan fingerprint density at radius 2 is 1.97 bits per heavy atom. The summed E-state index contributed by atoms with van der Waals surface area (Å²) >= 11 is 0. The minimum atomic E-state index is -0.697. The highest BCUT2D eigenvalue weighted by molar-refractivity contribution is 5.94. The molecule has 10 heteroatoms.